The maximum atomic E-state index is 12.3. The molecular weight excluding hydrogens is 292 g/mol. The summed E-state index contributed by atoms with van der Waals surface area (Å²) in [6.45, 7) is 3.74. The number of aromatic nitrogens is 3. The van der Waals surface area contributed by atoms with Crippen LogP contribution < -0.4 is 5.32 Å². The van der Waals surface area contributed by atoms with Crippen molar-refractivity contribution in [1.29, 1.82) is 0 Å². The first-order valence-corrected chi connectivity index (χ1v) is 8.51. The van der Waals surface area contributed by atoms with Crippen molar-refractivity contribution >= 4 is 21.4 Å². The number of carbonyl (C=O) groups excluding carboxylic acids is 1. The van der Waals surface area contributed by atoms with E-state index in [1.165, 1.54) is 6.20 Å². The van der Waals surface area contributed by atoms with Gasteiger partial charge in [0.05, 0.1) is 17.7 Å². The molecule has 2 aromatic rings. The van der Waals surface area contributed by atoms with E-state index in [2.05, 4.69) is 15.4 Å². The van der Waals surface area contributed by atoms with E-state index in [4.69, 9.17) is 0 Å². The highest BCUT2D eigenvalue weighted by Crippen LogP contribution is 2.15. The lowest BCUT2D eigenvalue weighted by molar-refractivity contribution is 0.0942. The smallest absolute Gasteiger partial charge is 0.257 e. The molecule has 0 spiro atoms. The van der Waals surface area contributed by atoms with Crippen LogP contribution in [0.2, 0.25) is 0 Å². The molecule has 0 bridgehead atoms. The van der Waals surface area contributed by atoms with Crippen molar-refractivity contribution in [1.82, 2.24) is 19.9 Å². The van der Waals surface area contributed by atoms with Crippen molar-refractivity contribution in [2.45, 2.75) is 26.3 Å². The van der Waals surface area contributed by atoms with Crippen LogP contribution >= 0.6 is 0 Å². The highest BCUT2D eigenvalue weighted by molar-refractivity contribution is 7.91. The molecule has 0 aromatic carbocycles. The van der Waals surface area contributed by atoms with E-state index in [9.17, 15) is 13.2 Å². The molecule has 0 saturated carbocycles. The Morgan fingerprint density at radius 1 is 1.43 bits per heavy atom. The Bertz CT molecular complexity index is 825. The van der Waals surface area contributed by atoms with E-state index in [0.29, 0.717) is 17.6 Å². The zero-order chi connectivity index (χ0) is 15.2. The van der Waals surface area contributed by atoms with E-state index in [0.717, 1.165) is 11.4 Å². The number of nitrogens with one attached hydrogen (secondary N) is 1. The lowest BCUT2D eigenvalue weighted by atomic mass is 10.2. The third-order valence-corrected chi connectivity index (χ3v) is 5.36. The summed E-state index contributed by atoms with van der Waals surface area (Å²) in [5.41, 5.74) is 2.55. The van der Waals surface area contributed by atoms with Gasteiger partial charge in [-0.2, -0.15) is 5.10 Å². The van der Waals surface area contributed by atoms with Gasteiger partial charge in [0.2, 0.25) is 0 Å². The minimum Gasteiger partial charge on any atom is -0.348 e. The summed E-state index contributed by atoms with van der Waals surface area (Å²) in [7, 11) is -3.02. The van der Waals surface area contributed by atoms with Gasteiger partial charge in [0, 0.05) is 17.4 Å². The van der Waals surface area contributed by atoms with Crippen LogP contribution in [-0.2, 0) is 9.84 Å². The molecule has 0 unspecified atom stereocenters. The van der Waals surface area contributed by atoms with Gasteiger partial charge in [-0.1, -0.05) is 0 Å². The molecule has 1 atom stereocenters. The van der Waals surface area contributed by atoms with Gasteiger partial charge >= 0.3 is 0 Å². The molecular formula is C13H16N4O3S. The van der Waals surface area contributed by atoms with Crippen molar-refractivity contribution in [3.05, 3.63) is 29.2 Å². The van der Waals surface area contributed by atoms with Crippen molar-refractivity contribution in [3.8, 4) is 0 Å². The fourth-order valence-corrected chi connectivity index (χ4v) is 4.28. The topological polar surface area (TPSA) is 93.4 Å². The standard InChI is InChI=1S/C13H16N4O3S/c1-8-5-9(2)17-12(15-8)11(6-14-17)13(18)16-10-3-4-21(19,20)7-10/h5-6,10H,3-4,7H2,1-2H3,(H,16,18)/t10-/m1/s1. The van der Waals surface area contributed by atoms with Crippen LogP contribution in [0.5, 0.6) is 0 Å². The first-order chi connectivity index (χ1) is 9.85. The zero-order valence-corrected chi connectivity index (χ0v) is 12.6. The third-order valence-electron chi connectivity index (χ3n) is 3.59. The molecule has 3 rings (SSSR count). The van der Waals surface area contributed by atoms with Crippen molar-refractivity contribution in [2.75, 3.05) is 11.5 Å². The second-order valence-electron chi connectivity index (χ2n) is 5.41. The molecule has 112 valence electrons. The summed E-state index contributed by atoms with van der Waals surface area (Å²) in [6, 6.07) is 1.55. The van der Waals surface area contributed by atoms with Gasteiger partial charge in [-0.15, -0.1) is 0 Å². The van der Waals surface area contributed by atoms with Crippen molar-refractivity contribution in [2.24, 2.45) is 0 Å². The first-order valence-electron chi connectivity index (χ1n) is 6.69. The maximum absolute atomic E-state index is 12.3. The number of nitrogens with zero attached hydrogens (tertiary/aromatic N) is 3. The number of hydrogen-bond acceptors (Lipinski definition) is 5. The maximum Gasteiger partial charge on any atom is 0.257 e. The summed E-state index contributed by atoms with van der Waals surface area (Å²) in [5.74, 6) is -0.198. The summed E-state index contributed by atoms with van der Waals surface area (Å²) in [5, 5.41) is 6.92. The van der Waals surface area contributed by atoms with Gasteiger partial charge in [-0.3, -0.25) is 4.79 Å². The molecule has 8 heteroatoms. The Balaban J connectivity index is 1.89. The van der Waals surface area contributed by atoms with E-state index >= 15 is 0 Å². The number of amides is 1. The van der Waals surface area contributed by atoms with Crippen molar-refractivity contribution in [3.63, 3.8) is 0 Å². The van der Waals surface area contributed by atoms with Crippen LogP contribution in [0.4, 0.5) is 0 Å². The highest BCUT2D eigenvalue weighted by atomic mass is 32.2. The second-order valence-corrected chi connectivity index (χ2v) is 7.63. The number of aryl methyl sites for hydroxylation is 2. The van der Waals surface area contributed by atoms with Gasteiger partial charge < -0.3 is 5.32 Å². The Kier molecular flexibility index (Phi) is 3.20. The quantitative estimate of drug-likeness (QED) is 0.859. The van der Waals surface area contributed by atoms with Gasteiger partial charge in [0.25, 0.3) is 5.91 Å². The lowest BCUT2D eigenvalue weighted by Gasteiger charge is -2.09. The van der Waals surface area contributed by atoms with Crippen LogP contribution in [0.25, 0.3) is 5.65 Å². The summed E-state index contributed by atoms with van der Waals surface area (Å²) < 4.78 is 24.5. The van der Waals surface area contributed by atoms with Gasteiger partial charge in [0.15, 0.2) is 15.5 Å². The first kappa shape index (κ1) is 14.0. The average Bonchev–Trinajstić information content (AvgIpc) is 2.92. The Labute approximate surface area is 122 Å². The van der Waals surface area contributed by atoms with Gasteiger partial charge in [0.1, 0.15) is 5.56 Å². The predicted molar refractivity (Wildman–Crippen MR) is 77.0 cm³/mol. The number of carbonyl (C=O) groups is 1. The number of rotatable bonds is 2. The van der Waals surface area contributed by atoms with E-state index in [1.54, 1.807) is 4.52 Å². The molecule has 1 amide bonds. The van der Waals surface area contributed by atoms with Crippen LogP contribution in [-0.4, -0.2) is 46.5 Å². The molecule has 1 aliphatic rings. The molecule has 3 heterocycles. The molecule has 7 nitrogen and oxygen atoms in total. The normalized spacial score (nSPS) is 20.8. The molecule has 0 aliphatic carbocycles. The molecule has 1 aliphatic heterocycles. The molecule has 1 saturated heterocycles. The fourth-order valence-electron chi connectivity index (χ4n) is 2.60. The molecule has 1 N–H and O–H groups in total. The number of fused-ring (bicyclic) bond motifs is 1. The summed E-state index contributed by atoms with van der Waals surface area (Å²) in [6.07, 6.45) is 1.92. The minimum absolute atomic E-state index is 0.00341. The lowest BCUT2D eigenvalue weighted by Crippen LogP contribution is -2.35. The minimum atomic E-state index is -3.02. The Hall–Kier alpha value is -1.96. The SMILES string of the molecule is Cc1cc(C)n2ncc(C(=O)N[C@@H]3CCS(=O)(=O)C3)c2n1. The van der Waals surface area contributed by atoms with E-state index < -0.39 is 9.84 Å². The van der Waals surface area contributed by atoms with Crippen LogP contribution in [0.3, 0.4) is 0 Å². The molecule has 1 fully saturated rings. The fraction of sp³-hybridized carbons (Fsp3) is 0.462. The van der Waals surface area contributed by atoms with Crippen LogP contribution in [0.1, 0.15) is 28.2 Å². The Morgan fingerprint density at radius 3 is 2.86 bits per heavy atom. The largest absolute Gasteiger partial charge is 0.348 e. The summed E-state index contributed by atoms with van der Waals surface area (Å²) in [4.78, 5) is 16.7. The Morgan fingerprint density at radius 2 is 2.19 bits per heavy atom. The molecule has 0 radical (unpaired) electrons. The molecule has 21 heavy (non-hydrogen) atoms. The van der Waals surface area contributed by atoms with E-state index in [-0.39, 0.29) is 23.5 Å². The summed E-state index contributed by atoms with van der Waals surface area (Å²) >= 11 is 0. The van der Waals surface area contributed by atoms with E-state index in [1.807, 2.05) is 19.9 Å². The predicted octanol–water partition coefficient (Wildman–Crippen LogP) is 0.263. The average molecular weight is 308 g/mol. The molecule has 2 aromatic heterocycles. The zero-order valence-electron chi connectivity index (χ0n) is 11.8. The number of sulfone groups is 1. The second kappa shape index (κ2) is 4.80. The van der Waals surface area contributed by atoms with Gasteiger partial charge in [-0.05, 0) is 26.3 Å². The van der Waals surface area contributed by atoms with Gasteiger partial charge in [-0.25, -0.2) is 17.9 Å². The van der Waals surface area contributed by atoms with Crippen LogP contribution in [0.15, 0.2) is 12.3 Å². The van der Waals surface area contributed by atoms with Crippen LogP contribution in [0, 0.1) is 13.8 Å². The highest BCUT2D eigenvalue weighted by Gasteiger charge is 2.30. The third kappa shape index (κ3) is 2.63. The van der Waals surface area contributed by atoms with Crippen molar-refractivity contribution < 1.29 is 13.2 Å². The number of hydrogen-bond donors (Lipinski definition) is 1. The monoisotopic (exact) mass is 308 g/mol.